The maximum Gasteiger partial charge on any atom is 0.175 e. The van der Waals surface area contributed by atoms with E-state index in [0.717, 1.165) is 27.7 Å². The molecule has 0 aromatic heterocycles. The normalized spacial score (nSPS) is 11.0. The number of benzene rings is 3. The Morgan fingerprint density at radius 2 is 1.68 bits per heavy atom. The first-order valence-corrected chi connectivity index (χ1v) is 10.1. The van der Waals surface area contributed by atoms with E-state index in [1.54, 1.807) is 7.11 Å². The molecule has 144 valence electrons. The molecule has 0 saturated heterocycles. The van der Waals surface area contributed by atoms with E-state index in [4.69, 9.17) is 21.1 Å². The molecule has 0 unspecified atom stereocenters. The van der Waals surface area contributed by atoms with Gasteiger partial charge in [-0.05, 0) is 75.4 Å². The van der Waals surface area contributed by atoms with Crippen LogP contribution in [0.1, 0.15) is 23.6 Å². The van der Waals surface area contributed by atoms with Gasteiger partial charge >= 0.3 is 0 Å². The van der Waals surface area contributed by atoms with Crippen LogP contribution in [0.5, 0.6) is 11.5 Å². The lowest BCUT2D eigenvalue weighted by atomic mass is 10.1. The van der Waals surface area contributed by atoms with Gasteiger partial charge in [-0.15, -0.1) is 0 Å². The lowest BCUT2D eigenvalue weighted by molar-refractivity contribution is 0.282. The fourth-order valence-electron chi connectivity index (χ4n) is 2.66. The van der Waals surface area contributed by atoms with E-state index in [2.05, 4.69) is 40.0 Å². The van der Waals surface area contributed by atoms with Crippen molar-refractivity contribution in [2.24, 2.45) is 4.99 Å². The highest BCUT2D eigenvalue weighted by Crippen LogP contribution is 2.37. The number of ether oxygens (including phenoxy) is 2. The van der Waals surface area contributed by atoms with Gasteiger partial charge in [-0.2, -0.15) is 0 Å². The molecule has 0 saturated carbocycles. The second kappa shape index (κ2) is 9.76. The van der Waals surface area contributed by atoms with Crippen LogP contribution >= 0.6 is 27.5 Å². The van der Waals surface area contributed by atoms with Crippen molar-refractivity contribution in [1.29, 1.82) is 0 Å². The van der Waals surface area contributed by atoms with Crippen LogP contribution in [0.3, 0.4) is 0 Å². The van der Waals surface area contributed by atoms with Crippen molar-refractivity contribution in [2.45, 2.75) is 20.0 Å². The van der Waals surface area contributed by atoms with Crippen molar-refractivity contribution < 1.29 is 9.47 Å². The molecule has 0 aliphatic heterocycles. The van der Waals surface area contributed by atoms with E-state index < -0.39 is 0 Å². The van der Waals surface area contributed by atoms with E-state index in [1.807, 2.05) is 54.7 Å². The molecular weight excluding hydrogens is 438 g/mol. The SMILES string of the molecule is CCc1ccc(N=Cc2cc(Br)c(OCc3ccc(Cl)cc3)c(OC)c2)cc1. The van der Waals surface area contributed by atoms with Crippen molar-refractivity contribution >= 4 is 39.4 Å². The van der Waals surface area contributed by atoms with Crippen LogP contribution in [-0.2, 0) is 13.0 Å². The van der Waals surface area contributed by atoms with Gasteiger partial charge in [0.25, 0.3) is 0 Å². The zero-order valence-corrected chi connectivity index (χ0v) is 18.1. The van der Waals surface area contributed by atoms with Gasteiger partial charge in [0, 0.05) is 11.2 Å². The summed E-state index contributed by atoms with van der Waals surface area (Å²) in [5.74, 6) is 1.30. The van der Waals surface area contributed by atoms with Crippen LogP contribution in [-0.4, -0.2) is 13.3 Å². The molecule has 3 nitrogen and oxygen atoms in total. The minimum absolute atomic E-state index is 0.420. The van der Waals surface area contributed by atoms with Gasteiger partial charge in [0.05, 0.1) is 17.3 Å². The predicted molar refractivity (Wildman–Crippen MR) is 120 cm³/mol. The van der Waals surface area contributed by atoms with Crippen molar-refractivity contribution in [2.75, 3.05) is 7.11 Å². The topological polar surface area (TPSA) is 30.8 Å². The summed E-state index contributed by atoms with van der Waals surface area (Å²) in [6.07, 6.45) is 2.84. The summed E-state index contributed by atoms with van der Waals surface area (Å²) in [7, 11) is 1.63. The minimum Gasteiger partial charge on any atom is -0.493 e. The minimum atomic E-state index is 0.420. The van der Waals surface area contributed by atoms with Crippen molar-refractivity contribution in [1.82, 2.24) is 0 Å². The maximum atomic E-state index is 5.97. The molecule has 3 rings (SSSR count). The summed E-state index contributed by atoms with van der Waals surface area (Å²) < 4.78 is 12.3. The van der Waals surface area contributed by atoms with Gasteiger partial charge in [0.2, 0.25) is 0 Å². The number of nitrogens with zero attached hydrogens (tertiary/aromatic N) is 1. The van der Waals surface area contributed by atoms with Gasteiger partial charge < -0.3 is 9.47 Å². The molecule has 0 amide bonds. The monoisotopic (exact) mass is 457 g/mol. The molecule has 0 aliphatic rings. The standard InChI is InChI=1S/C23H21BrClNO2/c1-3-16-6-10-20(11-7-16)26-14-18-12-21(24)23(22(13-18)27-2)28-15-17-4-8-19(25)9-5-17/h4-14H,3,15H2,1-2H3. The van der Waals surface area contributed by atoms with E-state index in [0.29, 0.717) is 23.1 Å². The molecule has 0 atom stereocenters. The molecule has 3 aromatic rings. The Morgan fingerprint density at radius 3 is 2.32 bits per heavy atom. The number of aliphatic imine (C=N–C) groups is 1. The van der Waals surface area contributed by atoms with Gasteiger partial charge in [-0.1, -0.05) is 42.8 Å². The van der Waals surface area contributed by atoms with Gasteiger partial charge in [0.15, 0.2) is 11.5 Å². The van der Waals surface area contributed by atoms with Crippen LogP contribution in [0.15, 0.2) is 70.1 Å². The Hall–Kier alpha value is -2.30. The Labute approximate surface area is 179 Å². The number of rotatable bonds is 7. The number of halogens is 2. The molecule has 0 fully saturated rings. The van der Waals surface area contributed by atoms with Crippen LogP contribution in [0.2, 0.25) is 5.02 Å². The summed E-state index contributed by atoms with van der Waals surface area (Å²) in [4.78, 5) is 4.55. The second-order valence-corrected chi connectivity index (χ2v) is 7.52. The Morgan fingerprint density at radius 1 is 1.00 bits per heavy atom. The second-order valence-electron chi connectivity index (χ2n) is 6.23. The fourth-order valence-corrected chi connectivity index (χ4v) is 3.36. The molecule has 0 aliphatic carbocycles. The third-order valence-electron chi connectivity index (χ3n) is 4.26. The molecule has 0 bridgehead atoms. The zero-order valence-electron chi connectivity index (χ0n) is 15.8. The first kappa shape index (κ1) is 20.4. The van der Waals surface area contributed by atoms with Crippen LogP contribution in [0, 0.1) is 0 Å². The predicted octanol–water partition coefficient (Wildman–Crippen LogP) is 7.00. The molecule has 0 N–H and O–H groups in total. The Balaban J connectivity index is 1.76. The first-order chi connectivity index (χ1) is 13.6. The quantitative estimate of drug-likeness (QED) is 0.357. The van der Waals surface area contributed by atoms with Crippen molar-refractivity contribution in [3.8, 4) is 11.5 Å². The highest BCUT2D eigenvalue weighted by Gasteiger charge is 2.11. The smallest absolute Gasteiger partial charge is 0.175 e. The molecule has 0 heterocycles. The maximum absolute atomic E-state index is 5.97. The number of aryl methyl sites for hydroxylation is 1. The summed E-state index contributed by atoms with van der Waals surface area (Å²) in [6.45, 7) is 2.56. The summed E-state index contributed by atoms with van der Waals surface area (Å²) in [6, 6.07) is 19.7. The summed E-state index contributed by atoms with van der Waals surface area (Å²) >= 11 is 9.51. The highest BCUT2D eigenvalue weighted by molar-refractivity contribution is 9.10. The lowest BCUT2D eigenvalue weighted by Gasteiger charge is -2.13. The van der Waals surface area contributed by atoms with E-state index in [-0.39, 0.29) is 0 Å². The molecule has 0 spiro atoms. The lowest BCUT2D eigenvalue weighted by Crippen LogP contribution is -1.99. The van der Waals surface area contributed by atoms with E-state index >= 15 is 0 Å². The van der Waals surface area contributed by atoms with Crippen LogP contribution < -0.4 is 9.47 Å². The van der Waals surface area contributed by atoms with Crippen molar-refractivity contribution in [3.05, 3.63) is 86.8 Å². The third kappa shape index (κ3) is 5.37. The number of hydrogen-bond acceptors (Lipinski definition) is 3. The average Bonchev–Trinajstić information content (AvgIpc) is 2.72. The van der Waals surface area contributed by atoms with E-state index in [1.165, 1.54) is 5.56 Å². The average molecular weight is 459 g/mol. The molecule has 3 aromatic carbocycles. The fraction of sp³-hybridized carbons (Fsp3) is 0.174. The molecule has 0 radical (unpaired) electrons. The number of methoxy groups -OCH3 is 1. The third-order valence-corrected chi connectivity index (χ3v) is 5.10. The largest absolute Gasteiger partial charge is 0.493 e. The van der Waals surface area contributed by atoms with Crippen LogP contribution in [0.25, 0.3) is 0 Å². The molecule has 5 heteroatoms. The Kier molecular flexibility index (Phi) is 7.12. The van der Waals surface area contributed by atoms with Crippen LogP contribution in [0.4, 0.5) is 5.69 Å². The van der Waals surface area contributed by atoms with Gasteiger partial charge in [-0.3, -0.25) is 4.99 Å². The first-order valence-electron chi connectivity index (χ1n) is 8.97. The molecular formula is C23H21BrClNO2. The Bertz CT molecular complexity index is 954. The number of hydrogen-bond donors (Lipinski definition) is 0. The van der Waals surface area contributed by atoms with Crippen molar-refractivity contribution in [3.63, 3.8) is 0 Å². The summed E-state index contributed by atoms with van der Waals surface area (Å²) in [5.41, 5.74) is 4.16. The molecule has 28 heavy (non-hydrogen) atoms. The highest BCUT2D eigenvalue weighted by atomic mass is 79.9. The van der Waals surface area contributed by atoms with Gasteiger partial charge in [-0.25, -0.2) is 0 Å². The van der Waals surface area contributed by atoms with E-state index in [9.17, 15) is 0 Å². The summed E-state index contributed by atoms with van der Waals surface area (Å²) in [5, 5.41) is 0.704. The zero-order chi connectivity index (χ0) is 19.9. The van der Waals surface area contributed by atoms with Gasteiger partial charge in [0.1, 0.15) is 6.61 Å².